The van der Waals surface area contributed by atoms with Gasteiger partial charge in [-0.25, -0.2) is 0 Å². The normalized spacial score (nSPS) is 23.8. The number of rotatable bonds is 12. The molecule has 1 aromatic heterocycles. The predicted octanol–water partition coefficient (Wildman–Crippen LogP) is 3.95. The molecule has 2 aromatic rings. The first-order chi connectivity index (χ1) is 21.7. The van der Waals surface area contributed by atoms with Crippen molar-refractivity contribution in [3.63, 3.8) is 0 Å². The number of para-hydroxylation sites is 1. The molecule has 4 rings (SSSR count). The van der Waals surface area contributed by atoms with Crippen LogP contribution in [0.5, 0.6) is 0 Å². The summed E-state index contributed by atoms with van der Waals surface area (Å²) in [6, 6.07) is 5.03. The van der Waals surface area contributed by atoms with Crippen LogP contribution in [-0.4, -0.2) is 68.8 Å². The largest absolute Gasteiger partial charge is 0.376 e. The Morgan fingerprint density at radius 2 is 1.73 bits per heavy atom. The van der Waals surface area contributed by atoms with Gasteiger partial charge in [0.05, 0.1) is 11.6 Å². The minimum Gasteiger partial charge on any atom is -0.376 e. The summed E-state index contributed by atoms with van der Waals surface area (Å²) in [5.74, 6) is -0.643. The number of carbonyl (C=O) groups is 4. The third kappa shape index (κ3) is 8.34. The fourth-order valence-corrected chi connectivity index (χ4v) is 6.64. The smallest absolute Gasteiger partial charge is 0.243 e. The number of nitrogens with one attached hydrogen (secondary N) is 3. The molecule has 2 fully saturated rings. The Hall–Kier alpha value is -3.66. The van der Waals surface area contributed by atoms with E-state index in [-0.39, 0.29) is 36.7 Å². The highest BCUT2D eigenvalue weighted by molar-refractivity contribution is 5.94. The number of aromatic nitrogens is 1. The Morgan fingerprint density at radius 3 is 2.47 bits per heavy atom. The van der Waals surface area contributed by atoms with Crippen molar-refractivity contribution in [2.24, 2.45) is 5.92 Å². The number of piperidine rings is 1. The Bertz CT molecular complexity index is 1370. The van der Waals surface area contributed by atoms with Gasteiger partial charge in [0.15, 0.2) is 0 Å². The molecule has 2 saturated heterocycles. The van der Waals surface area contributed by atoms with Crippen molar-refractivity contribution in [1.82, 2.24) is 25.4 Å². The SMILES string of the molecule is C=C1[C@H](C(C)CC)NC(=O)[C@H](Cc2cn(CO)c3ccccc23)NC(=O)[C@H](CCCCCC(=O)CC)NC(=O)C2CCCCN12. The van der Waals surface area contributed by atoms with Gasteiger partial charge in [0.2, 0.25) is 17.7 Å². The summed E-state index contributed by atoms with van der Waals surface area (Å²) in [5.41, 5.74) is 2.38. The number of aliphatic hydroxyl groups excluding tert-OH is 1. The highest BCUT2D eigenvalue weighted by Crippen LogP contribution is 2.28. The van der Waals surface area contributed by atoms with Gasteiger partial charge < -0.3 is 30.5 Å². The van der Waals surface area contributed by atoms with Crippen LogP contribution in [0.1, 0.15) is 90.5 Å². The topological polar surface area (TPSA) is 133 Å². The van der Waals surface area contributed by atoms with Crippen LogP contribution in [0.4, 0.5) is 0 Å². The molecule has 2 aliphatic heterocycles. The Labute approximate surface area is 267 Å². The molecule has 2 unspecified atom stereocenters. The van der Waals surface area contributed by atoms with Crippen LogP contribution in [-0.2, 0) is 32.3 Å². The van der Waals surface area contributed by atoms with Gasteiger partial charge in [0, 0.05) is 43.1 Å². The quantitative estimate of drug-likeness (QED) is 0.266. The second-order valence-electron chi connectivity index (χ2n) is 12.7. The van der Waals surface area contributed by atoms with E-state index in [0.717, 1.165) is 54.3 Å². The Kier molecular flexibility index (Phi) is 12.2. The minimum atomic E-state index is -0.923. The number of ketones is 1. The van der Waals surface area contributed by atoms with Crippen LogP contribution in [0.3, 0.4) is 0 Å². The van der Waals surface area contributed by atoms with Crippen molar-refractivity contribution in [3.05, 3.63) is 48.3 Å². The number of benzene rings is 1. The number of carbonyl (C=O) groups excluding carboxylic acids is 4. The molecule has 10 nitrogen and oxygen atoms in total. The number of nitrogens with zero attached hydrogens (tertiary/aromatic N) is 2. The van der Waals surface area contributed by atoms with Crippen molar-refractivity contribution in [2.45, 2.75) is 122 Å². The predicted molar refractivity (Wildman–Crippen MR) is 175 cm³/mol. The lowest BCUT2D eigenvalue weighted by molar-refractivity contribution is -0.135. The first kappa shape index (κ1) is 34.2. The van der Waals surface area contributed by atoms with Crippen LogP contribution >= 0.6 is 0 Å². The summed E-state index contributed by atoms with van der Waals surface area (Å²) in [6.45, 7) is 10.8. The van der Waals surface area contributed by atoms with Gasteiger partial charge >= 0.3 is 0 Å². The van der Waals surface area contributed by atoms with Crippen molar-refractivity contribution >= 4 is 34.4 Å². The van der Waals surface area contributed by atoms with E-state index < -0.39 is 30.1 Å². The molecular formula is C35H51N5O5. The molecule has 0 bridgehead atoms. The first-order valence-electron chi connectivity index (χ1n) is 16.7. The summed E-state index contributed by atoms with van der Waals surface area (Å²) in [7, 11) is 0. The maximum atomic E-state index is 14.1. The van der Waals surface area contributed by atoms with Crippen molar-refractivity contribution in [3.8, 4) is 0 Å². The van der Waals surface area contributed by atoms with Crippen LogP contribution in [0.15, 0.2) is 42.7 Å². The van der Waals surface area contributed by atoms with Crippen molar-refractivity contribution in [1.29, 1.82) is 0 Å². The zero-order valence-electron chi connectivity index (χ0n) is 27.1. The molecule has 2 aliphatic rings. The molecule has 3 amide bonds. The number of hydrogen-bond acceptors (Lipinski definition) is 6. The average molecular weight is 622 g/mol. The fourth-order valence-electron chi connectivity index (χ4n) is 6.64. The molecule has 246 valence electrons. The number of unbranched alkanes of at least 4 members (excludes halogenated alkanes) is 2. The number of hydrogen-bond donors (Lipinski definition) is 4. The highest BCUT2D eigenvalue weighted by atomic mass is 16.3. The standard InChI is InChI=1S/C35H51N5O5/c1-5-23(3)32-24(4)40-19-13-12-18-31(40)35(45)36-28(16-9-7-8-14-26(42)6-2)33(43)37-29(34(44)38-32)20-25-21-39(22-41)30-17-11-10-15-27(25)30/h10-11,15,17,21,23,28-29,31-32,41H,4-9,12-14,16,18-20,22H2,1-3H3,(H,36,45)(H,37,43)(H,38,44)/t23?,28-,29-,31?,32-/m0/s1. The number of aliphatic hydroxyl groups is 1. The third-order valence-electron chi connectivity index (χ3n) is 9.60. The second-order valence-corrected chi connectivity index (χ2v) is 12.7. The van der Waals surface area contributed by atoms with E-state index in [0.29, 0.717) is 38.6 Å². The van der Waals surface area contributed by atoms with Gasteiger partial charge in [-0.2, -0.15) is 0 Å². The van der Waals surface area contributed by atoms with E-state index in [1.54, 1.807) is 4.57 Å². The molecule has 45 heavy (non-hydrogen) atoms. The molecule has 0 radical (unpaired) electrons. The van der Waals surface area contributed by atoms with Crippen LogP contribution in [0.25, 0.3) is 10.9 Å². The zero-order chi connectivity index (χ0) is 32.5. The summed E-state index contributed by atoms with van der Waals surface area (Å²) in [6.07, 6.45) is 8.88. The van der Waals surface area contributed by atoms with Gasteiger partial charge in [0.25, 0.3) is 0 Å². The first-order valence-corrected chi connectivity index (χ1v) is 16.7. The molecule has 1 aromatic carbocycles. The van der Waals surface area contributed by atoms with E-state index in [9.17, 15) is 24.3 Å². The number of amides is 3. The Morgan fingerprint density at radius 1 is 1.00 bits per heavy atom. The summed E-state index contributed by atoms with van der Waals surface area (Å²) >= 11 is 0. The van der Waals surface area contributed by atoms with Crippen molar-refractivity contribution in [2.75, 3.05) is 6.54 Å². The van der Waals surface area contributed by atoms with Gasteiger partial charge in [-0.05, 0) is 49.7 Å². The van der Waals surface area contributed by atoms with E-state index >= 15 is 0 Å². The molecule has 0 aliphatic carbocycles. The number of Topliss-reactive ketones (excluding diaryl/α,β-unsaturated/α-hetero) is 1. The zero-order valence-corrected chi connectivity index (χ0v) is 27.1. The molecule has 0 spiro atoms. The van der Waals surface area contributed by atoms with Crippen LogP contribution in [0, 0.1) is 5.92 Å². The number of fused-ring (bicyclic) bond motifs is 2. The summed E-state index contributed by atoms with van der Waals surface area (Å²) in [5, 5.41) is 20.1. The lowest BCUT2D eigenvalue weighted by Crippen LogP contribution is -2.61. The fraction of sp³-hybridized carbons (Fsp3) is 0.600. The molecule has 5 atom stereocenters. The van der Waals surface area contributed by atoms with Crippen molar-refractivity contribution < 1.29 is 24.3 Å². The van der Waals surface area contributed by atoms with Gasteiger partial charge in [-0.3, -0.25) is 19.2 Å². The third-order valence-corrected chi connectivity index (χ3v) is 9.60. The van der Waals surface area contributed by atoms with E-state index in [1.807, 2.05) is 42.3 Å². The van der Waals surface area contributed by atoms with Crippen LogP contribution < -0.4 is 16.0 Å². The van der Waals surface area contributed by atoms with Gasteiger partial charge in [-0.1, -0.05) is 64.8 Å². The molecule has 0 saturated carbocycles. The minimum absolute atomic E-state index is 0.0509. The van der Waals surface area contributed by atoms with Crippen LogP contribution in [0.2, 0.25) is 0 Å². The lowest BCUT2D eigenvalue weighted by Gasteiger charge is -2.42. The molecule has 4 N–H and O–H groups in total. The second kappa shape index (κ2) is 16.1. The van der Waals surface area contributed by atoms with Gasteiger partial charge in [0.1, 0.15) is 30.6 Å². The van der Waals surface area contributed by atoms with E-state index in [4.69, 9.17) is 0 Å². The molecule has 3 heterocycles. The summed E-state index contributed by atoms with van der Waals surface area (Å²) in [4.78, 5) is 55.7. The summed E-state index contributed by atoms with van der Waals surface area (Å²) < 4.78 is 1.71. The average Bonchev–Trinajstić information content (AvgIpc) is 3.41. The lowest BCUT2D eigenvalue weighted by atomic mass is 9.91. The monoisotopic (exact) mass is 621 g/mol. The molecular weight excluding hydrogens is 570 g/mol. The van der Waals surface area contributed by atoms with E-state index in [1.165, 1.54) is 0 Å². The van der Waals surface area contributed by atoms with Gasteiger partial charge in [-0.15, -0.1) is 0 Å². The maximum absolute atomic E-state index is 14.1. The Balaban J connectivity index is 1.66. The van der Waals surface area contributed by atoms with E-state index in [2.05, 4.69) is 36.4 Å². The maximum Gasteiger partial charge on any atom is 0.243 e. The highest BCUT2D eigenvalue weighted by Gasteiger charge is 2.38. The molecule has 10 heteroatoms.